The minimum Gasteiger partial charge on any atom is -0.394 e. The summed E-state index contributed by atoms with van der Waals surface area (Å²) in [7, 11) is 1.60. The maximum Gasteiger partial charge on any atom is 0.0805 e. The first kappa shape index (κ1) is 9.62. The van der Waals surface area contributed by atoms with Gasteiger partial charge in [-0.05, 0) is 6.42 Å². The van der Waals surface area contributed by atoms with E-state index in [1.165, 1.54) is 0 Å². The Hall–Kier alpha value is -0.380. The summed E-state index contributed by atoms with van der Waals surface area (Å²) in [4.78, 5) is 0. The quantitative estimate of drug-likeness (QED) is 0.534. The van der Waals surface area contributed by atoms with Gasteiger partial charge in [0.15, 0.2) is 0 Å². The smallest absolute Gasteiger partial charge is 0.0805 e. The fourth-order valence-electron chi connectivity index (χ4n) is 0.492. The molecule has 0 aliphatic carbocycles. The number of methoxy groups -OCH3 is 1. The molecule has 1 unspecified atom stereocenters. The van der Waals surface area contributed by atoms with Gasteiger partial charge >= 0.3 is 0 Å². The van der Waals surface area contributed by atoms with Crippen LogP contribution in [0.5, 0.6) is 0 Å². The molecule has 0 aromatic rings. The van der Waals surface area contributed by atoms with Crippen LogP contribution in [-0.2, 0) is 4.74 Å². The molecule has 3 nitrogen and oxygen atoms in total. The zero-order valence-electron chi connectivity index (χ0n) is 6.16. The number of aliphatic hydroxyl groups is 2. The van der Waals surface area contributed by atoms with Crippen LogP contribution in [0.25, 0.3) is 0 Å². The summed E-state index contributed by atoms with van der Waals surface area (Å²) in [6, 6.07) is 0. The molecule has 10 heavy (non-hydrogen) atoms. The zero-order chi connectivity index (χ0) is 7.82. The molecule has 0 radical (unpaired) electrons. The molecule has 0 aliphatic heterocycles. The molecule has 0 fully saturated rings. The van der Waals surface area contributed by atoms with Crippen molar-refractivity contribution in [2.24, 2.45) is 0 Å². The Labute approximate surface area is 60.9 Å². The van der Waals surface area contributed by atoms with Gasteiger partial charge in [0.25, 0.3) is 0 Å². The van der Waals surface area contributed by atoms with E-state index < -0.39 is 6.10 Å². The summed E-state index contributed by atoms with van der Waals surface area (Å²) >= 11 is 0. The third kappa shape index (κ3) is 5.75. The van der Waals surface area contributed by atoms with Crippen LogP contribution in [0.4, 0.5) is 0 Å². The molecule has 0 amide bonds. The largest absolute Gasteiger partial charge is 0.394 e. The molecule has 0 rings (SSSR count). The summed E-state index contributed by atoms with van der Waals surface area (Å²) in [5, 5.41) is 17.2. The summed E-state index contributed by atoms with van der Waals surface area (Å²) < 4.78 is 4.73. The first-order chi connectivity index (χ1) is 4.81. The van der Waals surface area contributed by atoms with Crippen LogP contribution in [0, 0.1) is 0 Å². The van der Waals surface area contributed by atoms with Gasteiger partial charge in [-0.1, -0.05) is 12.2 Å². The zero-order valence-corrected chi connectivity index (χ0v) is 6.16. The fourth-order valence-corrected chi connectivity index (χ4v) is 0.492. The number of hydrogen-bond donors (Lipinski definition) is 2. The fraction of sp³-hybridized carbons (Fsp3) is 0.714. The lowest BCUT2D eigenvalue weighted by Gasteiger charge is -2.00. The first-order valence-corrected chi connectivity index (χ1v) is 3.24. The van der Waals surface area contributed by atoms with Crippen molar-refractivity contribution in [2.45, 2.75) is 12.5 Å². The molecule has 0 bridgehead atoms. The summed E-state index contributed by atoms with van der Waals surface area (Å²) in [5.74, 6) is 0. The molecule has 60 valence electrons. The van der Waals surface area contributed by atoms with E-state index in [-0.39, 0.29) is 6.61 Å². The van der Waals surface area contributed by atoms with E-state index in [4.69, 9.17) is 14.9 Å². The summed E-state index contributed by atoms with van der Waals surface area (Å²) in [6.07, 6.45) is 3.44. The molecule has 2 N–H and O–H groups in total. The van der Waals surface area contributed by atoms with Crippen molar-refractivity contribution in [3.8, 4) is 0 Å². The predicted molar refractivity (Wildman–Crippen MR) is 38.7 cm³/mol. The third-order valence-corrected chi connectivity index (χ3v) is 1.05. The molecule has 0 saturated carbocycles. The molecule has 1 atom stereocenters. The van der Waals surface area contributed by atoms with Gasteiger partial charge in [0.1, 0.15) is 0 Å². The Morgan fingerprint density at radius 2 is 2.20 bits per heavy atom. The number of rotatable bonds is 5. The van der Waals surface area contributed by atoms with Gasteiger partial charge < -0.3 is 14.9 Å². The Bertz CT molecular complexity index is 90.9. The normalized spacial score (nSPS) is 14.3. The molecular weight excluding hydrogens is 132 g/mol. The second kappa shape index (κ2) is 6.74. The molecule has 0 spiro atoms. The molecule has 3 heteroatoms. The average Bonchev–Trinajstić information content (AvgIpc) is 1.98. The van der Waals surface area contributed by atoms with E-state index >= 15 is 0 Å². The second-order valence-corrected chi connectivity index (χ2v) is 2.00. The first-order valence-electron chi connectivity index (χ1n) is 3.24. The molecule has 0 heterocycles. The molecule has 0 aliphatic rings. The van der Waals surface area contributed by atoms with Crippen LogP contribution < -0.4 is 0 Å². The van der Waals surface area contributed by atoms with Gasteiger partial charge in [0.05, 0.1) is 19.3 Å². The minimum atomic E-state index is -0.631. The lowest BCUT2D eigenvalue weighted by molar-refractivity contribution is 0.0974. The van der Waals surface area contributed by atoms with Gasteiger partial charge in [0, 0.05) is 7.11 Å². The standard InChI is InChI=1S/C7H14O3/c1-10-5-3-2-4-7(9)6-8/h2-3,7-9H,4-6H2,1H3/b3-2+. The third-order valence-electron chi connectivity index (χ3n) is 1.05. The maximum absolute atomic E-state index is 8.82. The van der Waals surface area contributed by atoms with Crippen LogP contribution in [0.2, 0.25) is 0 Å². The van der Waals surface area contributed by atoms with Crippen molar-refractivity contribution < 1.29 is 14.9 Å². The highest BCUT2D eigenvalue weighted by Crippen LogP contribution is 1.90. The van der Waals surface area contributed by atoms with Crippen molar-refractivity contribution >= 4 is 0 Å². The predicted octanol–water partition coefficient (Wildman–Crippen LogP) is -0.0677. The van der Waals surface area contributed by atoms with Crippen molar-refractivity contribution in [3.05, 3.63) is 12.2 Å². The summed E-state index contributed by atoms with van der Waals surface area (Å²) in [6.45, 7) is 0.371. The molecule has 0 aromatic carbocycles. The highest BCUT2D eigenvalue weighted by Gasteiger charge is 1.95. The minimum absolute atomic E-state index is 0.183. The highest BCUT2D eigenvalue weighted by atomic mass is 16.5. The molecule has 0 aromatic heterocycles. The molecule has 0 saturated heterocycles. The van der Waals surface area contributed by atoms with Gasteiger partial charge in [-0.25, -0.2) is 0 Å². The number of ether oxygens (including phenoxy) is 1. The van der Waals surface area contributed by atoms with Crippen molar-refractivity contribution in [1.29, 1.82) is 0 Å². The van der Waals surface area contributed by atoms with Crippen LogP contribution in [0.3, 0.4) is 0 Å². The van der Waals surface area contributed by atoms with E-state index in [1.54, 1.807) is 19.3 Å². The van der Waals surface area contributed by atoms with E-state index in [9.17, 15) is 0 Å². The lowest BCUT2D eigenvalue weighted by Crippen LogP contribution is -2.09. The van der Waals surface area contributed by atoms with Crippen LogP contribution in [0.1, 0.15) is 6.42 Å². The topological polar surface area (TPSA) is 49.7 Å². The van der Waals surface area contributed by atoms with Crippen LogP contribution in [-0.4, -0.2) is 36.6 Å². The Morgan fingerprint density at radius 1 is 1.50 bits per heavy atom. The maximum atomic E-state index is 8.82. The lowest BCUT2D eigenvalue weighted by atomic mass is 10.2. The van der Waals surface area contributed by atoms with E-state index in [1.807, 2.05) is 0 Å². The van der Waals surface area contributed by atoms with E-state index in [0.717, 1.165) is 0 Å². The van der Waals surface area contributed by atoms with Crippen LogP contribution in [0.15, 0.2) is 12.2 Å². The van der Waals surface area contributed by atoms with Crippen molar-refractivity contribution in [2.75, 3.05) is 20.3 Å². The van der Waals surface area contributed by atoms with Crippen LogP contribution >= 0.6 is 0 Å². The highest BCUT2D eigenvalue weighted by molar-refractivity contribution is 4.83. The Balaban J connectivity index is 3.16. The van der Waals surface area contributed by atoms with Crippen molar-refractivity contribution in [3.63, 3.8) is 0 Å². The number of aliphatic hydroxyl groups excluding tert-OH is 2. The monoisotopic (exact) mass is 146 g/mol. The van der Waals surface area contributed by atoms with Gasteiger partial charge in [-0.3, -0.25) is 0 Å². The van der Waals surface area contributed by atoms with E-state index in [0.29, 0.717) is 13.0 Å². The Morgan fingerprint density at radius 3 is 2.70 bits per heavy atom. The summed E-state index contributed by atoms with van der Waals surface area (Å²) in [5.41, 5.74) is 0. The van der Waals surface area contributed by atoms with Crippen molar-refractivity contribution in [1.82, 2.24) is 0 Å². The van der Waals surface area contributed by atoms with Gasteiger partial charge in [-0.2, -0.15) is 0 Å². The molecular formula is C7H14O3. The SMILES string of the molecule is COC/C=C/CC(O)CO. The number of hydrogen-bond acceptors (Lipinski definition) is 3. The van der Waals surface area contributed by atoms with E-state index in [2.05, 4.69) is 0 Å². The van der Waals surface area contributed by atoms with Gasteiger partial charge in [0.2, 0.25) is 0 Å². The average molecular weight is 146 g/mol. The Kier molecular flexibility index (Phi) is 6.48. The second-order valence-electron chi connectivity index (χ2n) is 2.00. The van der Waals surface area contributed by atoms with Gasteiger partial charge in [-0.15, -0.1) is 0 Å².